The number of carbonyl (C=O) groups excluding carboxylic acids is 2. The number of hydrogen-bond acceptors (Lipinski definition) is 5. The van der Waals surface area contributed by atoms with Crippen LogP contribution in [-0.2, 0) is 14.8 Å². The standard InChI is InChI=1S/C26H29N3O5S/c1-3-4-17-27-26(31)23-15-8-9-16-24(23)28-25(30)19-29(20-11-10-12-21(18-20)34-2)35(32,33)22-13-6-5-7-14-22/h5-16,18H,3-4,17,19H2,1-2H3,(H,27,31)(H,28,30). The molecule has 2 amide bonds. The van der Waals surface area contributed by atoms with Gasteiger partial charge in [0, 0.05) is 12.6 Å². The summed E-state index contributed by atoms with van der Waals surface area (Å²) < 4.78 is 33.2. The predicted octanol–water partition coefficient (Wildman–Crippen LogP) is 4.06. The maximum atomic E-state index is 13.5. The van der Waals surface area contributed by atoms with E-state index in [1.807, 2.05) is 6.92 Å². The summed E-state index contributed by atoms with van der Waals surface area (Å²) in [4.78, 5) is 25.7. The summed E-state index contributed by atoms with van der Waals surface area (Å²) in [6.07, 6.45) is 1.78. The SMILES string of the molecule is CCCCNC(=O)c1ccccc1NC(=O)CN(c1cccc(OC)c1)S(=O)(=O)c1ccccc1. The molecule has 0 aliphatic carbocycles. The van der Waals surface area contributed by atoms with E-state index in [-0.39, 0.29) is 16.5 Å². The number of amides is 2. The highest BCUT2D eigenvalue weighted by Crippen LogP contribution is 2.27. The van der Waals surface area contributed by atoms with E-state index in [1.165, 1.54) is 19.2 Å². The molecule has 0 aliphatic rings. The van der Waals surface area contributed by atoms with Crippen LogP contribution in [0.2, 0.25) is 0 Å². The second-order valence-electron chi connectivity index (χ2n) is 7.73. The van der Waals surface area contributed by atoms with Gasteiger partial charge in [-0.1, -0.05) is 49.7 Å². The Morgan fingerprint density at radius 3 is 2.37 bits per heavy atom. The molecule has 0 atom stereocenters. The fraction of sp³-hybridized carbons (Fsp3) is 0.231. The van der Waals surface area contributed by atoms with Gasteiger partial charge in [0.15, 0.2) is 0 Å². The zero-order chi connectivity index (χ0) is 25.3. The van der Waals surface area contributed by atoms with Gasteiger partial charge in [-0.05, 0) is 42.8 Å². The van der Waals surface area contributed by atoms with Crippen molar-refractivity contribution >= 4 is 33.2 Å². The second kappa shape index (κ2) is 12.0. The Morgan fingerprint density at radius 1 is 0.943 bits per heavy atom. The van der Waals surface area contributed by atoms with E-state index in [1.54, 1.807) is 66.7 Å². The molecule has 0 aromatic heterocycles. The number of nitrogens with zero attached hydrogens (tertiary/aromatic N) is 1. The molecule has 0 fully saturated rings. The average molecular weight is 496 g/mol. The van der Waals surface area contributed by atoms with Gasteiger partial charge in [-0.2, -0.15) is 0 Å². The molecule has 0 bridgehead atoms. The number of para-hydroxylation sites is 1. The number of benzene rings is 3. The Balaban J connectivity index is 1.89. The van der Waals surface area contributed by atoms with Crippen LogP contribution in [0.4, 0.5) is 11.4 Å². The fourth-order valence-corrected chi connectivity index (χ4v) is 4.82. The Labute approximate surface area is 206 Å². The van der Waals surface area contributed by atoms with E-state index < -0.39 is 22.5 Å². The highest BCUT2D eigenvalue weighted by molar-refractivity contribution is 7.92. The van der Waals surface area contributed by atoms with Gasteiger partial charge < -0.3 is 15.4 Å². The zero-order valence-electron chi connectivity index (χ0n) is 19.7. The lowest BCUT2D eigenvalue weighted by Crippen LogP contribution is -2.38. The summed E-state index contributed by atoms with van der Waals surface area (Å²) in [5, 5.41) is 5.53. The maximum absolute atomic E-state index is 13.5. The Kier molecular flexibility index (Phi) is 8.86. The van der Waals surface area contributed by atoms with Crippen molar-refractivity contribution in [2.24, 2.45) is 0 Å². The molecule has 0 spiro atoms. The molecule has 0 saturated carbocycles. The van der Waals surface area contributed by atoms with Gasteiger partial charge >= 0.3 is 0 Å². The van der Waals surface area contributed by atoms with Crippen molar-refractivity contribution in [1.29, 1.82) is 0 Å². The van der Waals surface area contributed by atoms with Crippen LogP contribution in [0.25, 0.3) is 0 Å². The first-order valence-corrected chi connectivity index (χ1v) is 12.7. The summed E-state index contributed by atoms with van der Waals surface area (Å²) >= 11 is 0. The van der Waals surface area contributed by atoms with Crippen LogP contribution in [0, 0.1) is 0 Å². The molecule has 35 heavy (non-hydrogen) atoms. The maximum Gasteiger partial charge on any atom is 0.264 e. The minimum absolute atomic E-state index is 0.0475. The lowest BCUT2D eigenvalue weighted by atomic mass is 10.1. The molecule has 0 unspecified atom stereocenters. The molecule has 0 aliphatic heterocycles. The molecule has 9 heteroatoms. The van der Waals surface area contributed by atoms with Crippen molar-refractivity contribution in [3.8, 4) is 5.75 Å². The molecule has 2 N–H and O–H groups in total. The highest BCUT2D eigenvalue weighted by Gasteiger charge is 2.28. The zero-order valence-corrected chi connectivity index (χ0v) is 20.5. The molecule has 3 aromatic carbocycles. The number of nitrogens with one attached hydrogen (secondary N) is 2. The number of carbonyl (C=O) groups is 2. The molecule has 0 saturated heterocycles. The lowest BCUT2D eigenvalue weighted by molar-refractivity contribution is -0.114. The topological polar surface area (TPSA) is 105 Å². The Bertz CT molecular complexity index is 1260. The quantitative estimate of drug-likeness (QED) is 0.391. The molecule has 184 valence electrons. The van der Waals surface area contributed by atoms with Gasteiger partial charge in [0.1, 0.15) is 12.3 Å². The largest absolute Gasteiger partial charge is 0.497 e. The average Bonchev–Trinajstić information content (AvgIpc) is 2.88. The van der Waals surface area contributed by atoms with E-state index >= 15 is 0 Å². The number of hydrogen-bond donors (Lipinski definition) is 2. The van der Waals surface area contributed by atoms with E-state index in [0.29, 0.717) is 23.5 Å². The smallest absolute Gasteiger partial charge is 0.264 e. The molecular weight excluding hydrogens is 466 g/mol. The summed E-state index contributed by atoms with van der Waals surface area (Å²) in [6.45, 7) is 2.05. The van der Waals surface area contributed by atoms with Gasteiger partial charge in [-0.25, -0.2) is 8.42 Å². The number of anilines is 2. The third-order valence-corrected chi connectivity index (χ3v) is 7.01. The predicted molar refractivity (Wildman–Crippen MR) is 136 cm³/mol. The van der Waals surface area contributed by atoms with E-state index in [4.69, 9.17) is 4.74 Å². The molecule has 8 nitrogen and oxygen atoms in total. The number of unbranched alkanes of at least 4 members (excludes halogenated alkanes) is 1. The van der Waals surface area contributed by atoms with Gasteiger partial charge in [0.2, 0.25) is 5.91 Å². The summed E-state index contributed by atoms with van der Waals surface area (Å²) in [5.41, 5.74) is 0.874. The third kappa shape index (κ3) is 6.60. The van der Waals surface area contributed by atoms with Crippen LogP contribution in [0.15, 0.2) is 83.8 Å². The molecule has 3 aromatic rings. The fourth-order valence-electron chi connectivity index (χ4n) is 3.38. The van der Waals surface area contributed by atoms with E-state index in [0.717, 1.165) is 17.1 Å². The van der Waals surface area contributed by atoms with Gasteiger partial charge in [-0.3, -0.25) is 13.9 Å². The Morgan fingerprint density at radius 2 is 1.66 bits per heavy atom. The van der Waals surface area contributed by atoms with E-state index in [9.17, 15) is 18.0 Å². The van der Waals surface area contributed by atoms with Crippen LogP contribution in [-0.4, -0.2) is 40.4 Å². The normalized spacial score (nSPS) is 10.9. The van der Waals surface area contributed by atoms with Crippen LogP contribution >= 0.6 is 0 Å². The number of methoxy groups -OCH3 is 1. The van der Waals surface area contributed by atoms with Crippen molar-refractivity contribution in [2.75, 3.05) is 29.8 Å². The van der Waals surface area contributed by atoms with E-state index in [2.05, 4.69) is 10.6 Å². The van der Waals surface area contributed by atoms with Crippen molar-refractivity contribution in [2.45, 2.75) is 24.7 Å². The molecular formula is C26H29N3O5S. The summed E-state index contributed by atoms with van der Waals surface area (Å²) in [6, 6.07) is 21.0. The minimum atomic E-state index is -4.07. The van der Waals surface area contributed by atoms with Crippen molar-refractivity contribution in [3.05, 3.63) is 84.4 Å². The highest BCUT2D eigenvalue weighted by atomic mass is 32.2. The van der Waals surface area contributed by atoms with Crippen LogP contribution in [0.5, 0.6) is 5.75 Å². The second-order valence-corrected chi connectivity index (χ2v) is 9.59. The molecule has 0 heterocycles. The van der Waals surface area contributed by atoms with Gasteiger partial charge in [-0.15, -0.1) is 0 Å². The number of rotatable bonds is 11. The molecule has 0 radical (unpaired) electrons. The van der Waals surface area contributed by atoms with Crippen LogP contribution < -0.4 is 19.7 Å². The first-order valence-electron chi connectivity index (χ1n) is 11.3. The monoisotopic (exact) mass is 495 g/mol. The summed E-state index contributed by atoms with van der Waals surface area (Å²) in [7, 11) is -2.59. The lowest BCUT2D eigenvalue weighted by Gasteiger charge is -2.24. The first-order chi connectivity index (χ1) is 16.9. The number of ether oxygens (including phenoxy) is 1. The first kappa shape index (κ1) is 25.8. The third-order valence-electron chi connectivity index (χ3n) is 5.22. The van der Waals surface area contributed by atoms with Gasteiger partial charge in [0.25, 0.3) is 15.9 Å². The molecule has 3 rings (SSSR count). The van der Waals surface area contributed by atoms with Gasteiger partial charge in [0.05, 0.1) is 28.9 Å². The van der Waals surface area contributed by atoms with Crippen molar-refractivity contribution in [1.82, 2.24) is 5.32 Å². The van der Waals surface area contributed by atoms with Crippen molar-refractivity contribution < 1.29 is 22.7 Å². The van der Waals surface area contributed by atoms with Crippen molar-refractivity contribution in [3.63, 3.8) is 0 Å². The minimum Gasteiger partial charge on any atom is -0.497 e. The van der Waals surface area contributed by atoms with Crippen LogP contribution in [0.1, 0.15) is 30.1 Å². The number of sulfonamides is 1. The summed E-state index contributed by atoms with van der Waals surface area (Å²) in [5.74, 6) is -0.456. The van der Waals surface area contributed by atoms with Crippen LogP contribution in [0.3, 0.4) is 0 Å². The Hall–Kier alpha value is -3.85.